The molecular formula is C26H31Cl2NO. The van der Waals surface area contributed by atoms with E-state index in [1.165, 1.54) is 11.1 Å². The Hall–Kier alpha value is -1.74. The van der Waals surface area contributed by atoms with Gasteiger partial charge in [0, 0.05) is 34.0 Å². The van der Waals surface area contributed by atoms with Gasteiger partial charge in [-0.05, 0) is 54.2 Å². The van der Waals surface area contributed by atoms with Crippen molar-refractivity contribution < 1.29 is 4.74 Å². The van der Waals surface area contributed by atoms with Crippen molar-refractivity contribution in [1.29, 1.82) is 0 Å². The van der Waals surface area contributed by atoms with Gasteiger partial charge in [-0.1, -0.05) is 74.0 Å². The molecule has 30 heavy (non-hydrogen) atoms. The molecule has 0 saturated carbocycles. The number of rotatable bonds is 5. The first-order valence-corrected chi connectivity index (χ1v) is 11.3. The van der Waals surface area contributed by atoms with Crippen LogP contribution in [0.3, 0.4) is 0 Å². The van der Waals surface area contributed by atoms with Crippen molar-refractivity contribution >= 4 is 23.2 Å². The van der Waals surface area contributed by atoms with E-state index in [9.17, 15) is 0 Å². The molecule has 1 aliphatic rings. The summed E-state index contributed by atoms with van der Waals surface area (Å²) in [6.07, 6.45) is 3.67. The van der Waals surface area contributed by atoms with Crippen LogP contribution in [0.5, 0.6) is 0 Å². The zero-order valence-electron chi connectivity index (χ0n) is 17.8. The Kier molecular flexibility index (Phi) is 8.05. The molecule has 2 aromatic carbocycles. The van der Waals surface area contributed by atoms with Crippen LogP contribution in [0.4, 0.5) is 0 Å². The second kappa shape index (κ2) is 10.5. The Morgan fingerprint density at radius 3 is 2.47 bits per heavy atom. The van der Waals surface area contributed by atoms with E-state index in [0.717, 1.165) is 28.6 Å². The number of hydrogen-bond donors (Lipinski definition) is 1. The molecule has 160 valence electrons. The fourth-order valence-electron chi connectivity index (χ4n) is 4.16. The Balaban J connectivity index is 2.11. The normalized spacial score (nSPS) is 25.2. The smallest absolute Gasteiger partial charge is 0.103 e. The molecule has 1 saturated heterocycles. The second-order valence-corrected chi connectivity index (χ2v) is 9.32. The average Bonchev–Trinajstić information content (AvgIpc) is 2.78. The van der Waals surface area contributed by atoms with Crippen LogP contribution >= 0.6 is 23.2 Å². The number of halogens is 2. The van der Waals surface area contributed by atoms with Crippen molar-refractivity contribution in [3.05, 3.63) is 94.7 Å². The van der Waals surface area contributed by atoms with Crippen LogP contribution in [-0.4, -0.2) is 12.6 Å². The molecule has 2 nitrogen and oxygen atoms in total. The minimum Gasteiger partial charge on any atom is -0.497 e. The third kappa shape index (κ3) is 5.69. The van der Waals surface area contributed by atoms with Crippen molar-refractivity contribution in [2.24, 2.45) is 11.8 Å². The van der Waals surface area contributed by atoms with Gasteiger partial charge in [0.05, 0.1) is 5.76 Å². The number of ether oxygens (including phenoxy) is 1. The molecule has 4 heteroatoms. The van der Waals surface area contributed by atoms with E-state index < -0.39 is 0 Å². The first-order chi connectivity index (χ1) is 14.4. The molecule has 0 radical (unpaired) electrons. The van der Waals surface area contributed by atoms with Crippen molar-refractivity contribution in [1.82, 2.24) is 5.32 Å². The Labute approximate surface area is 190 Å². The molecule has 4 atom stereocenters. The van der Waals surface area contributed by atoms with Gasteiger partial charge in [-0.2, -0.15) is 0 Å². The van der Waals surface area contributed by atoms with Gasteiger partial charge in [-0.15, -0.1) is 6.58 Å². The quantitative estimate of drug-likeness (QED) is 0.481. The molecule has 0 bridgehead atoms. The Morgan fingerprint density at radius 2 is 1.83 bits per heavy atom. The molecule has 1 heterocycles. The van der Waals surface area contributed by atoms with Crippen molar-refractivity contribution in [2.45, 2.75) is 44.7 Å². The lowest BCUT2D eigenvalue weighted by molar-refractivity contribution is 0.138. The molecule has 0 amide bonds. The molecule has 1 aliphatic heterocycles. The summed E-state index contributed by atoms with van der Waals surface area (Å²) in [6, 6.07) is 16.6. The fraction of sp³-hybridized carbons (Fsp3) is 0.385. The molecule has 0 spiro atoms. The number of allylic oxidation sites excluding steroid dienone is 2. The maximum atomic E-state index is 6.39. The van der Waals surface area contributed by atoms with Gasteiger partial charge in [0.1, 0.15) is 6.61 Å². The predicted octanol–water partition coefficient (Wildman–Crippen LogP) is 7.56. The van der Waals surface area contributed by atoms with Crippen LogP contribution in [0.1, 0.15) is 49.8 Å². The van der Waals surface area contributed by atoms with Gasteiger partial charge < -0.3 is 10.1 Å². The monoisotopic (exact) mass is 443 g/mol. The van der Waals surface area contributed by atoms with Gasteiger partial charge in [0.25, 0.3) is 0 Å². The lowest BCUT2D eigenvalue weighted by Crippen LogP contribution is -2.41. The summed E-state index contributed by atoms with van der Waals surface area (Å²) < 4.78 is 6.16. The third-order valence-electron chi connectivity index (χ3n) is 6.00. The number of hydrogen-bond acceptors (Lipinski definition) is 2. The molecule has 3 rings (SSSR count). The van der Waals surface area contributed by atoms with E-state index in [1.807, 2.05) is 30.3 Å². The highest BCUT2D eigenvalue weighted by Gasteiger charge is 2.33. The van der Waals surface area contributed by atoms with Crippen molar-refractivity contribution in [3.63, 3.8) is 0 Å². The molecule has 0 aliphatic carbocycles. The number of benzene rings is 2. The molecule has 1 unspecified atom stereocenters. The average molecular weight is 444 g/mol. The van der Waals surface area contributed by atoms with E-state index in [4.69, 9.17) is 27.9 Å². The first kappa shape index (κ1) is 22.9. The molecule has 1 N–H and O–H groups in total. The molecule has 1 fully saturated rings. The lowest BCUT2D eigenvalue weighted by atomic mass is 9.79. The SMILES string of the molecule is C=CC[C@H]1C[C@H](c2cccc(Cl)c2)[C@@H](c2ccc(Cl)cc2)NC(C(C)C)COC1=C. The highest BCUT2D eigenvalue weighted by Crippen LogP contribution is 2.41. The van der Waals surface area contributed by atoms with Crippen LogP contribution in [0.15, 0.2) is 73.5 Å². The lowest BCUT2D eigenvalue weighted by Gasteiger charge is -2.34. The minimum atomic E-state index is 0.0925. The highest BCUT2D eigenvalue weighted by atomic mass is 35.5. The van der Waals surface area contributed by atoms with Crippen molar-refractivity contribution in [2.75, 3.05) is 6.61 Å². The zero-order valence-corrected chi connectivity index (χ0v) is 19.3. The third-order valence-corrected chi connectivity index (χ3v) is 6.49. The van der Waals surface area contributed by atoms with Crippen LogP contribution in [-0.2, 0) is 4.74 Å². The summed E-state index contributed by atoms with van der Waals surface area (Å²) in [7, 11) is 0. The second-order valence-electron chi connectivity index (χ2n) is 8.44. The van der Waals surface area contributed by atoms with Gasteiger partial charge in [-0.3, -0.25) is 0 Å². The minimum absolute atomic E-state index is 0.0925. The maximum absolute atomic E-state index is 6.39. The van der Waals surface area contributed by atoms with E-state index in [2.05, 4.69) is 56.6 Å². The van der Waals surface area contributed by atoms with Crippen LogP contribution in [0.2, 0.25) is 10.0 Å². The molecule has 2 aromatic rings. The zero-order chi connectivity index (χ0) is 21.7. The maximum Gasteiger partial charge on any atom is 0.103 e. The summed E-state index contributed by atoms with van der Waals surface area (Å²) in [6.45, 7) is 13.3. The fourth-order valence-corrected chi connectivity index (χ4v) is 4.49. The molecular weight excluding hydrogens is 413 g/mol. The Bertz CT molecular complexity index is 862. The topological polar surface area (TPSA) is 21.3 Å². The summed E-state index contributed by atoms with van der Waals surface area (Å²) in [5, 5.41) is 5.39. The Morgan fingerprint density at radius 1 is 1.10 bits per heavy atom. The molecule has 0 aromatic heterocycles. The van der Waals surface area contributed by atoms with Crippen LogP contribution < -0.4 is 5.32 Å². The number of nitrogens with one attached hydrogen (secondary N) is 1. The summed E-state index contributed by atoms with van der Waals surface area (Å²) in [4.78, 5) is 0. The van der Waals surface area contributed by atoms with Gasteiger partial charge >= 0.3 is 0 Å². The summed E-state index contributed by atoms with van der Waals surface area (Å²) in [5.41, 5.74) is 2.42. The van der Waals surface area contributed by atoms with E-state index in [0.29, 0.717) is 12.5 Å². The van der Waals surface area contributed by atoms with Crippen molar-refractivity contribution in [3.8, 4) is 0 Å². The van der Waals surface area contributed by atoms with Crippen LogP contribution in [0, 0.1) is 11.8 Å². The first-order valence-electron chi connectivity index (χ1n) is 10.6. The predicted molar refractivity (Wildman–Crippen MR) is 128 cm³/mol. The van der Waals surface area contributed by atoms with Gasteiger partial charge in [-0.25, -0.2) is 0 Å². The van der Waals surface area contributed by atoms with Crippen LogP contribution in [0.25, 0.3) is 0 Å². The largest absolute Gasteiger partial charge is 0.497 e. The van der Waals surface area contributed by atoms with Gasteiger partial charge in [0.15, 0.2) is 0 Å². The van der Waals surface area contributed by atoms with E-state index in [-0.39, 0.29) is 23.9 Å². The summed E-state index contributed by atoms with van der Waals surface area (Å²) >= 11 is 12.6. The van der Waals surface area contributed by atoms with E-state index >= 15 is 0 Å². The summed E-state index contributed by atoms with van der Waals surface area (Å²) in [5.74, 6) is 1.62. The van der Waals surface area contributed by atoms with E-state index in [1.54, 1.807) is 0 Å². The standard InChI is InChI=1S/C26H31Cl2NO/c1-5-7-20-15-24(21-8-6-9-23(28)14-21)26(19-10-12-22(27)13-11-19)29-25(17(2)3)16-30-18(20)4/h5-6,8-14,17,20,24-26,29H,1,4,7,15-16H2,2-3H3/t20-,24+,25?,26+/m0/s1. The van der Waals surface area contributed by atoms with Gasteiger partial charge in [0.2, 0.25) is 0 Å². The highest BCUT2D eigenvalue weighted by molar-refractivity contribution is 6.30.